The summed E-state index contributed by atoms with van der Waals surface area (Å²) < 4.78 is 26.8. The first-order valence-corrected chi connectivity index (χ1v) is 10.1. The van der Waals surface area contributed by atoms with E-state index in [9.17, 15) is 23.1 Å². The van der Waals surface area contributed by atoms with Crippen molar-refractivity contribution in [3.63, 3.8) is 0 Å². The van der Waals surface area contributed by atoms with Crippen molar-refractivity contribution in [3.05, 3.63) is 35.4 Å². The van der Waals surface area contributed by atoms with E-state index in [0.29, 0.717) is 12.3 Å². The molecule has 1 amide bonds. The van der Waals surface area contributed by atoms with E-state index in [0.717, 1.165) is 17.1 Å². The normalized spacial score (nSPS) is 34.1. The molecule has 2 aliphatic carbocycles. The van der Waals surface area contributed by atoms with Crippen LogP contribution in [0.15, 0.2) is 24.3 Å². The lowest BCUT2D eigenvalue weighted by Crippen LogP contribution is -2.44. The summed E-state index contributed by atoms with van der Waals surface area (Å²) in [6.07, 6.45) is 2.47. The van der Waals surface area contributed by atoms with E-state index in [-0.39, 0.29) is 28.3 Å². The summed E-state index contributed by atoms with van der Waals surface area (Å²) in [6.45, 7) is 4.22. The van der Waals surface area contributed by atoms with Crippen molar-refractivity contribution >= 4 is 21.9 Å². The highest BCUT2D eigenvalue weighted by molar-refractivity contribution is 7.90. The maximum atomic E-state index is 13.1. The van der Waals surface area contributed by atoms with Gasteiger partial charge in [0.05, 0.1) is 22.9 Å². The molecule has 1 heterocycles. The first-order valence-electron chi connectivity index (χ1n) is 8.50. The van der Waals surface area contributed by atoms with Crippen molar-refractivity contribution in [2.45, 2.75) is 39.2 Å². The molecular formula is C18H21NO5S. The van der Waals surface area contributed by atoms with Gasteiger partial charge in [-0.3, -0.25) is 4.79 Å². The van der Waals surface area contributed by atoms with Crippen LogP contribution in [0.25, 0.3) is 0 Å². The molecular weight excluding hydrogens is 342 g/mol. The molecule has 1 saturated heterocycles. The van der Waals surface area contributed by atoms with E-state index >= 15 is 0 Å². The number of aromatic carboxylic acids is 1. The highest BCUT2D eigenvalue weighted by Crippen LogP contribution is 2.70. The van der Waals surface area contributed by atoms with Gasteiger partial charge in [0.25, 0.3) is 5.91 Å². The van der Waals surface area contributed by atoms with Crippen molar-refractivity contribution < 1.29 is 23.1 Å². The lowest BCUT2D eigenvalue weighted by atomic mass is 9.69. The van der Waals surface area contributed by atoms with E-state index in [1.807, 2.05) is 0 Å². The Hall–Kier alpha value is -1.89. The van der Waals surface area contributed by atoms with Crippen LogP contribution in [-0.2, 0) is 10.0 Å². The number of hydrogen-bond donors (Lipinski definition) is 1. The molecule has 1 N–H and O–H groups in total. The van der Waals surface area contributed by atoms with Crippen LogP contribution in [0.4, 0.5) is 0 Å². The second kappa shape index (κ2) is 4.84. The van der Waals surface area contributed by atoms with Crippen LogP contribution in [0.2, 0.25) is 0 Å². The minimum absolute atomic E-state index is 0.0187. The predicted molar refractivity (Wildman–Crippen MR) is 90.7 cm³/mol. The largest absolute Gasteiger partial charge is 0.478 e. The number of nitrogens with zero attached hydrogens (tertiary/aromatic N) is 1. The Morgan fingerprint density at radius 2 is 1.84 bits per heavy atom. The van der Waals surface area contributed by atoms with Crippen LogP contribution < -0.4 is 0 Å². The molecule has 1 aliphatic heterocycles. The molecule has 0 radical (unpaired) electrons. The minimum atomic E-state index is -3.76. The molecule has 1 aromatic carbocycles. The van der Waals surface area contributed by atoms with Crippen molar-refractivity contribution in [2.75, 3.05) is 5.75 Å². The molecule has 134 valence electrons. The topological polar surface area (TPSA) is 91.8 Å². The summed E-state index contributed by atoms with van der Waals surface area (Å²) in [5, 5.41) is 9.34. The fraction of sp³-hybridized carbons (Fsp3) is 0.556. The van der Waals surface area contributed by atoms with E-state index in [2.05, 4.69) is 13.8 Å². The first kappa shape index (κ1) is 16.6. The van der Waals surface area contributed by atoms with Crippen LogP contribution in [0, 0.1) is 16.7 Å². The zero-order chi connectivity index (χ0) is 18.2. The number of carbonyl (C=O) groups excluding carboxylic acids is 1. The third kappa shape index (κ3) is 1.93. The van der Waals surface area contributed by atoms with Gasteiger partial charge < -0.3 is 5.11 Å². The average molecular weight is 363 g/mol. The van der Waals surface area contributed by atoms with Crippen LogP contribution in [0.1, 0.15) is 53.8 Å². The third-order valence-electron chi connectivity index (χ3n) is 7.00. The Balaban J connectivity index is 1.82. The number of sulfonamides is 1. The lowest BCUT2D eigenvalue weighted by molar-refractivity contribution is 0.0658. The highest BCUT2D eigenvalue weighted by atomic mass is 32.2. The number of benzene rings is 1. The standard InChI is InChI=1S/C18H21NO5S/c1-17(2)11-7-8-18(17)10-25(23,24)19(14(18)9-11)15(20)12-5-3-4-6-13(12)16(21)22/h3-6,11,14H,7-10H2,1-2H3,(H,21,22)/t11-,14-,18-/m0/s1. The van der Waals surface area contributed by atoms with Crippen LogP contribution in [0.3, 0.4) is 0 Å². The van der Waals surface area contributed by atoms with Gasteiger partial charge in [-0.2, -0.15) is 0 Å². The molecule has 0 aromatic heterocycles. The molecule has 3 fully saturated rings. The number of fused-ring (bicyclic) bond motifs is 1. The molecule has 6 nitrogen and oxygen atoms in total. The predicted octanol–water partition coefficient (Wildman–Crippen LogP) is 2.37. The summed E-state index contributed by atoms with van der Waals surface area (Å²) in [6, 6.07) is 5.45. The molecule has 7 heteroatoms. The van der Waals surface area contributed by atoms with Gasteiger partial charge in [-0.1, -0.05) is 26.0 Å². The van der Waals surface area contributed by atoms with Gasteiger partial charge in [-0.25, -0.2) is 17.5 Å². The van der Waals surface area contributed by atoms with E-state index < -0.39 is 27.3 Å². The van der Waals surface area contributed by atoms with Gasteiger partial charge in [-0.05, 0) is 42.7 Å². The smallest absolute Gasteiger partial charge is 0.336 e. The zero-order valence-corrected chi connectivity index (χ0v) is 15.0. The second-order valence-electron chi connectivity index (χ2n) is 8.07. The Morgan fingerprint density at radius 1 is 1.20 bits per heavy atom. The van der Waals surface area contributed by atoms with Gasteiger partial charge >= 0.3 is 5.97 Å². The van der Waals surface area contributed by atoms with Crippen molar-refractivity contribution in [1.82, 2.24) is 4.31 Å². The molecule has 0 unspecified atom stereocenters. The van der Waals surface area contributed by atoms with Gasteiger partial charge in [0.15, 0.2) is 0 Å². The number of carboxylic acid groups (broad SMARTS) is 1. The Kier molecular flexibility index (Phi) is 3.21. The van der Waals surface area contributed by atoms with Crippen LogP contribution in [0.5, 0.6) is 0 Å². The molecule has 1 spiro atoms. The van der Waals surface area contributed by atoms with E-state index in [1.165, 1.54) is 18.2 Å². The van der Waals surface area contributed by atoms with Crippen LogP contribution >= 0.6 is 0 Å². The number of amides is 1. The number of rotatable bonds is 2. The number of hydrogen-bond acceptors (Lipinski definition) is 4. The fourth-order valence-electron chi connectivity index (χ4n) is 5.53. The van der Waals surface area contributed by atoms with E-state index in [4.69, 9.17) is 0 Å². The summed E-state index contributed by atoms with van der Waals surface area (Å²) in [5.74, 6) is -1.56. The second-order valence-corrected chi connectivity index (χ2v) is 9.92. The molecule has 2 saturated carbocycles. The monoisotopic (exact) mass is 363 g/mol. The van der Waals surface area contributed by atoms with E-state index in [1.54, 1.807) is 6.07 Å². The van der Waals surface area contributed by atoms with Gasteiger partial charge in [0.2, 0.25) is 10.0 Å². The Bertz CT molecular complexity index is 890. The zero-order valence-electron chi connectivity index (χ0n) is 14.2. The Morgan fingerprint density at radius 3 is 2.44 bits per heavy atom. The van der Waals surface area contributed by atoms with Crippen molar-refractivity contribution in [1.29, 1.82) is 0 Å². The maximum absolute atomic E-state index is 13.1. The van der Waals surface area contributed by atoms with Gasteiger partial charge in [0.1, 0.15) is 0 Å². The summed E-state index contributed by atoms with van der Waals surface area (Å²) in [7, 11) is -3.76. The lowest BCUT2D eigenvalue weighted by Gasteiger charge is -2.37. The van der Waals surface area contributed by atoms with Crippen molar-refractivity contribution in [2.24, 2.45) is 16.7 Å². The van der Waals surface area contributed by atoms with Gasteiger partial charge in [0, 0.05) is 5.41 Å². The number of carbonyl (C=O) groups is 2. The molecule has 25 heavy (non-hydrogen) atoms. The third-order valence-corrected chi connectivity index (χ3v) is 8.90. The SMILES string of the molecule is CC1(C)[C@H]2CC[C@@]13CS(=O)(=O)N(C(=O)c1ccccc1C(=O)O)[C@H]3C2. The number of carboxylic acids is 1. The molecule has 3 aliphatic rings. The Labute approximate surface area is 146 Å². The van der Waals surface area contributed by atoms with Crippen molar-refractivity contribution in [3.8, 4) is 0 Å². The average Bonchev–Trinajstić information content (AvgIpc) is 3.01. The molecule has 2 bridgehead atoms. The molecule has 1 aromatic rings. The summed E-state index contributed by atoms with van der Waals surface area (Å²) >= 11 is 0. The van der Waals surface area contributed by atoms with Gasteiger partial charge in [-0.15, -0.1) is 0 Å². The molecule has 3 atom stereocenters. The summed E-state index contributed by atoms with van der Waals surface area (Å²) in [5.41, 5.74) is -0.765. The summed E-state index contributed by atoms with van der Waals surface area (Å²) in [4.78, 5) is 24.5. The maximum Gasteiger partial charge on any atom is 0.336 e. The highest BCUT2D eigenvalue weighted by Gasteiger charge is 2.72. The fourth-order valence-corrected chi connectivity index (χ4v) is 8.06. The minimum Gasteiger partial charge on any atom is -0.478 e. The van der Waals surface area contributed by atoms with Crippen LogP contribution in [-0.4, -0.2) is 41.5 Å². The molecule has 4 rings (SSSR count). The first-order chi connectivity index (χ1) is 11.6. The quantitative estimate of drug-likeness (QED) is 0.871.